The van der Waals surface area contributed by atoms with Crippen molar-refractivity contribution in [3.05, 3.63) is 65.2 Å². The second kappa shape index (κ2) is 11.6. The molecule has 2 atom stereocenters. The summed E-state index contributed by atoms with van der Waals surface area (Å²) in [4.78, 5) is 28.0. The molecule has 2 fully saturated rings. The Morgan fingerprint density at radius 2 is 1.76 bits per heavy atom. The molecule has 0 saturated heterocycles. The van der Waals surface area contributed by atoms with Crippen molar-refractivity contribution in [3.63, 3.8) is 0 Å². The Bertz CT molecular complexity index is 974. The van der Waals surface area contributed by atoms with Gasteiger partial charge in [-0.05, 0) is 62.4 Å². The summed E-state index contributed by atoms with van der Waals surface area (Å²) < 4.78 is 0. The molecule has 182 valence electrons. The number of rotatable bonds is 9. The van der Waals surface area contributed by atoms with Crippen molar-refractivity contribution >= 4 is 17.5 Å². The van der Waals surface area contributed by atoms with Gasteiger partial charge in [0.05, 0.1) is 0 Å². The molecule has 2 aromatic rings. The van der Waals surface area contributed by atoms with Crippen molar-refractivity contribution in [1.29, 1.82) is 0 Å². The first-order valence-electron chi connectivity index (χ1n) is 12.7. The Labute approximate surface area is 203 Å². The number of hydrogen-bond acceptors (Lipinski definition) is 4. The number of hydrogen-bond donors (Lipinski definition) is 3. The van der Waals surface area contributed by atoms with E-state index in [1.165, 1.54) is 5.56 Å². The van der Waals surface area contributed by atoms with E-state index in [9.17, 15) is 9.59 Å². The van der Waals surface area contributed by atoms with Gasteiger partial charge in [-0.15, -0.1) is 0 Å². The number of likely N-dealkylation sites (N-methyl/N-ethyl adjacent to an activating group) is 1. The van der Waals surface area contributed by atoms with E-state index in [4.69, 9.17) is 5.73 Å². The molecule has 0 aromatic heterocycles. The zero-order valence-electron chi connectivity index (χ0n) is 20.3. The van der Waals surface area contributed by atoms with Crippen molar-refractivity contribution in [1.82, 2.24) is 10.2 Å². The van der Waals surface area contributed by atoms with Crippen LogP contribution in [0.2, 0.25) is 0 Å². The largest absolute Gasteiger partial charge is 0.348 e. The topological polar surface area (TPSA) is 87.5 Å². The van der Waals surface area contributed by atoms with Crippen LogP contribution in [0.3, 0.4) is 0 Å². The number of amides is 2. The lowest BCUT2D eigenvalue weighted by molar-refractivity contribution is -0.122. The molecule has 6 heteroatoms. The summed E-state index contributed by atoms with van der Waals surface area (Å²) in [7, 11) is 2.09. The van der Waals surface area contributed by atoms with Crippen molar-refractivity contribution < 1.29 is 9.59 Å². The summed E-state index contributed by atoms with van der Waals surface area (Å²) in [5, 5.41) is 6.25. The van der Waals surface area contributed by atoms with Gasteiger partial charge in [-0.2, -0.15) is 0 Å². The number of nitrogens with one attached hydrogen (secondary N) is 2. The van der Waals surface area contributed by atoms with Crippen LogP contribution in [0, 0.1) is 5.92 Å². The predicted octanol–water partition coefficient (Wildman–Crippen LogP) is 4.10. The van der Waals surface area contributed by atoms with Crippen LogP contribution in [0.5, 0.6) is 0 Å². The first-order valence-corrected chi connectivity index (χ1v) is 12.7. The maximum absolute atomic E-state index is 13.0. The maximum atomic E-state index is 13.0. The van der Waals surface area contributed by atoms with E-state index < -0.39 is 0 Å². The third-order valence-corrected chi connectivity index (χ3v) is 7.31. The van der Waals surface area contributed by atoms with Crippen LogP contribution in [0.15, 0.2) is 48.5 Å². The lowest BCUT2D eigenvalue weighted by Crippen LogP contribution is -2.49. The molecule has 2 aromatic carbocycles. The molecule has 4 N–H and O–H groups in total. The van der Waals surface area contributed by atoms with E-state index in [0.717, 1.165) is 69.2 Å². The smallest absolute Gasteiger partial charge is 0.251 e. The highest BCUT2D eigenvalue weighted by atomic mass is 16.2. The van der Waals surface area contributed by atoms with Crippen molar-refractivity contribution in [2.75, 3.05) is 18.9 Å². The molecule has 2 amide bonds. The van der Waals surface area contributed by atoms with E-state index in [2.05, 4.69) is 46.8 Å². The number of nitrogens with two attached hydrogens (primary N) is 1. The monoisotopic (exact) mass is 462 g/mol. The fourth-order valence-corrected chi connectivity index (χ4v) is 4.80. The molecule has 0 heterocycles. The van der Waals surface area contributed by atoms with Gasteiger partial charge >= 0.3 is 0 Å². The Balaban J connectivity index is 1.45. The fourth-order valence-electron chi connectivity index (χ4n) is 4.80. The van der Waals surface area contributed by atoms with Crippen LogP contribution >= 0.6 is 0 Å². The van der Waals surface area contributed by atoms with Gasteiger partial charge in [-0.1, -0.05) is 55.7 Å². The Hall–Kier alpha value is -2.70. The highest BCUT2D eigenvalue weighted by Crippen LogP contribution is 2.29. The first kappa shape index (κ1) is 24.4. The molecule has 2 unspecified atom stereocenters. The number of anilines is 1. The first-order chi connectivity index (χ1) is 16.5. The number of nitrogens with zero attached hydrogens (tertiary/aromatic N) is 1. The summed E-state index contributed by atoms with van der Waals surface area (Å²) in [6.45, 7) is 1.60. The number of benzene rings is 2. The molecule has 0 aliphatic heterocycles. The minimum Gasteiger partial charge on any atom is -0.348 e. The van der Waals surface area contributed by atoms with E-state index in [1.807, 2.05) is 24.3 Å². The van der Waals surface area contributed by atoms with Crippen LogP contribution in [-0.2, 0) is 17.8 Å². The van der Waals surface area contributed by atoms with Gasteiger partial charge in [0.25, 0.3) is 5.91 Å². The Morgan fingerprint density at radius 3 is 2.47 bits per heavy atom. The molecule has 2 aliphatic rings. The molecular formula is C28H38N4O2. The van der Waals surface area contributed by atoms with Gasteiger partial charge < -0.3 is 21.3 Å². The van der Waals surface area contributed by atoms with Crippen LogP contribution in [0.1, 0.15) is 66.4 Å². The van der Waals surface area contributed by atoms with Crippen molar-refractivity contribution in [2.45, 2.75) is 70.0 Å². The van der Waals surface area contributed by atoms with Gasteiger partial charge in [0, 0.05) is 42.3 Å². The summed E-state index contributed by atoms with van der Waals surface area (Å²) in [6.07, 6.45) is 8.04. The summed E-state index contributed by atoms with van der Waals surface area (Å²) in [6, 6.07) is 16.1. The third-order valence-electron chi connectivity index (χ3n) is 7.31. The van der Waals surface area contributed by atoms with E-state index in [0.29, 0.717) is 12.1 Å². The predicted molar refractivity (Wildman–Crippen MR) is 137 cm³/mol. The molecule has 34 heavy (non-hydrogen) atoms. The van der Waals surface area contributed by atoms with E-state index in [-0.39, 0.29) is 29.8 Å². The van der Waals surface area contributed by atoms with E-state index in [1.54, 1.807) is 0 Å². The molecule has 0 bridgehead atoms. The van der Waals surface area contributed by atoms with Crippen LogP contribution < -0.4 is 16.4 Å². The minimum absolute atomic E-state index is 0.00743. The lowest BCUT2D eigenvalue weighted by Gasteiger charge is -2.29. The van der Waals surface area contributed by atoms with Gasteiger partial charge in [0.1, 0.15) is 0 Å². The fraction of sp³-hybridized carbons (Fsp3) is 0.500. The number of carbonyl (C=O) groups excluding carboxylic acids is 2. The highest BCUT2D eigenvalue weighted by molar-refractivity contribution is 5.98. The lowest BCUT2D eigenvalue weighted by atomic mass is 9.84. The summed E-state index contributed by atoms with van der Waals surface area (Å²) >= 11 is 0. The number of carbonyl (C=O) groups is 2. The minimum atomic E-state index is -0.120. The molecule has 6 nitrogen and oxygen atoms in total. The second-order valence-electron chi connectivity index (χ2n) is 9.99. The second-order valence-corrected chi connectivity index (χ2v) is 9.99. The molecular weight excluding hydrogens is 424 g/mol. The Kier molecular flexibility index (Phi) is 8.35. The van der Waals surface area contributed by atoms with Crippen LogP contribution in [0.25, 0.3) is 0 Å². The Morgan fingerprint density at radius 1 is 1.00 bits per heavy atom. The van der Waals surface area contributed by atoms with E-state index >= 15 is 0 Å². The van der Waals surface area contributed by atoms with Crippen molar-refractivity contribution in [2.24, 2.45) is 11.7 Å². The molecule has 0 radical (unpaired) electrons. The molecule has 2 aliphatic carbocycles. The average Bonchev–Trinajstić information content (AvgIpc) is 2.80. The zero-order chi connectivity index (χ0) is 23.9. The third kappa shape index (κ3) is 6.45. The maximum Gasteiger partial charge on any atom is 0.251 e. The molecule has 0 spiro atoms. The molecule has 2 saturated carbocycles. The van der Waals surface area contributed by atoms with Gasteiger partial charge in [-0.25, -0.2) is 0 Å². The average molecular weight is 463 g/mol. The highest BCUT2D eigenvalue weighted by Gasteiger charge is 2.27. The summed E-state index contributed by atoms with van der Waals surface area (Å²) in [5.41, 5.74) is 9.86. The molecule has 4 rings (SSSR count). The van der Waals surface area contributed by atoms with Crippen LogP contribution in [-0.4, -0.2) is 42.4 Å². The van der Waals surface area contributed by atoms with Crippen molar-refractivity contribution in [3.8, 4) is 0 Å². The normalized spacial score (nSPS) is 20.6. The summed E-state index contributed by atoms with van der Waals surface area (Å²) in [5.74, 6) is 0.0261. The van der Waals surface area contributed by atoms with Gasteiger partial charge in [0.15, 0.2) is 0 Å². The quantitative estimate of drug-likeness (QED) is 0.524. The standard InChI is InChI=1S/C28H38N4O2/c1-32(17-16-20-8-3-2-4-9-20)19-23-15-14-22(18-26(23)31-27(33)21-10-7-11-21)28(34)30-25-13-6-5-12-24(25)29/h2-4,8-9,14-15,18,21,24-25H,5-7,10-13,16-17,19,29H2,1H3,(H,30,34)(H,31,33). The van der Waals surface area contributed by atoms with Gasteiger partial charge in [0.2, 0.25) is 5.91 Å². The zero-order valence-corrected chi connectivity index (χ0v) is 20.3. The SMILES string of the molecule is CN(CCc1ccccc1)Cc1ccc(C(=O)NC2CCCCC2N)cc1NC(=O)C1CCC1. The van der Waals surface area contributed by atoms with Crippen LogP contribution in [0.4, 0.5) is 5.69 Å². The van der Waals surface area contributed by atoms with Gasteiger partial charge in [-0.3, -0.25) is 9.59 Å².